The van der Waals surface area contributed by atoms with Gasteiger partial charge in [0, 0.05) is 12.0 Å². The van der Waals surface area contributed by atoms with Gasteiger partial charge in [-0.25, -0.2) is 8.42 Å². The van der Waals surface area contributed by atoms with Gasteiger partial charge in [-0.15, -0.1) is 4.40 Å². The fraction of sp³-hybridized carbons (Fsp3) is 0.438. The molecule has 2 aliphatic rings. The molecule has 124 valence electrons. The Morgan fingerprint density at radius 2 is 1.96 bits per heavy atom. The molecule has 0 saturated carbocycles. The third-order valence-electron chi connectivity index (χ3n) is 3.41. The van der Waals surface area contributed by atoms with Gasteiger partial charge in [0.25, 0.3) is 10.0 Å². The highest BCUT2D eigenvalue weighted by Crippen LogP contribution is 2.35. The summed E-state index contributed by atoms with van der Waals surface area (Å²) in [5.41, 5.74) is 2.14. The Kier molecular flexibility index (Phi) is 4.18. The molecule has 0 fully saturated rings. The minimum Gasteiger partial charge on any atom is -0.493 e. The summed E-state index contributed by atoms with van der Waals surface area (Å²) in [5.74, 6) is 0.895. The van der Waals surface area contributed by atoms with Gasteiger partial charge in [-0.05, 0) is 35.2 Å². The third-order valence-corrected chi connectivity index (χ3v) is 5.54. The van der Waals surface area contributed by atoms with Crippen LogP contribution in [0.25, 0.3) is 5.70 Å². The Bertz CT molecular complexity index is 760. The van der Waals surface area contributed by atoms with Crippen molar-refractivity contribution in [2.75, 3.05) is 18.9 Å². The van der Waals surface area contributed by atoms with Crippen LogP contribution in [-0.4, -0.2) is 37.4 Å². The monoisotopic (exact) mass is 352 g/mol. The van der Waals surface area contributed by atoms with Crippen LogP contribution in [0.2, 0.25) is 0 Å². The smallest absolute Gasteiger partial charge is 0.257 e. The summed E-state index contributed by atoms with van der Waals surface area (Å²) >= 11 is 1.35. The molecule has 0 amide bonds. The van der Waals surface area contributed by atoms with Crippen molar-refractivity contribution >= 4 is 32.6 Å². The Morgan fingerprint density at radius 3 is 2.61 bits per heavy atom. The second-order valence-electron chi connectivity index (χ2n) is 6.81. The lowest BCUT2D eigenvalue weighted by atomic mass is 9.99. The first-order valence-electron chi connectivity index (χ1n) is 7.44. The third kappa shape index (κ3) is 3.90. The van der Waals surface area contributed by atoms with Gasteiger partial charge < -0.3 is 9.64 Å². The van der Waals surface area contributed by atoms with Crippen molar-refractivity contribution in [2.45, 2.75) is 20.8 Å². The number of thioether (sulfide) groups is 1. The average molecular weight is 352 g/mol. The van der Waals surface area contributed by atoms with Crippen LogP contribution in [0.1, 0.15) is 26.3 Å². The van der Waals surface area contributed by atoms with Crippen molar-refractivity contribution in [3.05, 3.63) is 35.2 Å². The maximum Gasteiger partial charge on any atom is 0.257 e. The minimum atomic E-state index is -3.30. The van der Waals surface area contributed by atoms with Gasteiger partial charge in [-0.2, -0.15) is 0 Å². The normalized spacial score (nSPS) is 19.9. The summed E-state index contributed by atoms with van der Waals surface area (Å²) in [5, 5.41) is 2.49. The minimum absolute atomic E-state index is 0.0567. The molecule has 0 saturated heterocycles. The van der Waals surface area contributed by atoms with Crippen LogP contribution >= 0.6 is 11.8 Å². The van der Waals surface area contributed by atoms with Gasteiger partial charge in [-0.3, -0.25) is 0 Å². The topological polar surface area (TPSA) is 59.0 Å². The van der Waals surface area contributed by atoms with Crippen molar-refractivity contribution in [3.8, 4) is 5.75 Å². The molecule has 0 unspecified atom stereocenters. The molecule has 7 heteroatoms. The molecule has 5 nitrogen and oxygen atoms in total. The average Bonchev–Trinajstić information content (AvgIpc) is 2.86. The number of nitrogens with zero attached hydrogens (tertiary/aromatic N) is 2. The van der Waals surface area contributed by atoms with E-state index in [0.29, 0.717) is 18.3 Å². The lowest BCUT2D eigenvalue weighted by Crippen LogP contribution is -2.34. The highest BCUT2D eigenvalue weighted by atomic mass is 32.2. The number of rotatable bonds is 3. The second kappa shape index (κ2) is 5.87. The zero-order valence-corrected chi connectivity index (χ0v) is 15.1. The molecule has 0 aromatic heterocycles. The lowest BCUT2D eigenvalue weighted by molar-refractivity contribution is 0.198. The Hall–Kier alpha value is -1.47. The molecule has 0 N–H and O–H groups in total. The molecule has 2 aliphatic heterocycles. The molecule has 23 heavy (non-hydrogen) atoms. The summed E-state index contributed by atoms with van der Waals surface area (Å²) in [4.78, 5) is 1.96. The van der Waals surface area contributed by atoms with E-state index in [9.17, 15) is 8.42 Å². The van der Waals surface area contributed by atoms with E-state index < -0.39 is 10.0 Å². The molecule has 3 rings (SSSR count). The summed E-state index contributed by atoms with van der Waals surface area (Å²) in [6, 6.07) is 7.89. The fourth-order valence-electron chi connectivity index (χ4n) is 2.24. The number of fused-ring (bicyclic) bond motifs is 1. The van der Waals surface area contributed by atoms with Gasteiger partial charge in [0.05, 0.1) is 18.1 Å². The zero-order chi connectivity index (χ0) is 16.7. The first-order valence-corrected chi connectivity index (χ1v) is 9.93. The van der Waals surface area contributed by atoms with E-state index in [4.69, 9.17) is 4.74 Å². The van der Waals surface area contributed by atoms with Gasteiger partial charge in [0.2, 0.25) is 0 Å². The van der Waals surface area contributed by atoms with Crippen molar-refractivity contribution < 1.29 is 13.2 Å². The summed E-state index contributed by atoms with van der Waals surface area (Å²) < 4.78 is 32.7. The standard InChI is InChI=1S/C16H20N2O3S2/c1-16(2,3)11-21-13-6-4-12(5-7-13)14-10-22-15-17-23(19,20)9-8-18(14)15/h4-7,10H,8-9,11H2,1-3H3. The van der Waals surface area contributed by atoms with E-state index in [2.05, 4.69) is 25.2 Å². The lowest BCUT2D eigenvalue weighted by Gasteiger charge is -2.25. The van der Waals surface area contributed by atoms with Crippen molar-refractivity contribution in [1.82, 2.24) is 4.90 Å². The molecule has 0 atom stereocenters. The molecule has 0 spiro atoms. The maximum atomic E-state index is 11.6. The van der Waals surface area contributed by atoms with Crippen molar-refractivity contribution in [1.29, 1.82) is 0 Å². The van der Waals surface area contributed by atoms with Crippen LogP contribution in [0.15, 0.2) is 34.1 Å². The van der Waals surface area contributed by atoms with E-state index >= 15 is 0 Å². The van der Waals surface area contributed by atoms with E-state index in [1.807, 2.05) is 34.6 Å². The highest BCUT2D eigenvalue weighted by Gasteiger charge is 2.31. The largest absolute Gasteiger partial charge is 0.493 e. The Balaban J connectivity index is 1.74. The zero-order valence-electron chi connectivity index (χ0n) is 13.4. The predicted octanol–water partition coefficient (Wildman–Crippen LogP) is 3.16. The number of sulfonamides is 1. The van der Waals surface area contributed by atoms with E-state index in [-0.39, 0.29) is 11.2 Å². The van der Waals surface area contributed by atoms with Crippen LogP contribution in [0.5, 0.6) is 5.75 Å². The summed E-state index contributed by atoms with van der Waals surface area (Å²) in [6.07, 6.45) is 0. The van der Waals surface area contributed by atoms with Crippen LogP contribution in [0, 0.1) is 5.41 Å². The van der Waals surface area contributed by atoms with Gasteiger partial charge in [0.15, 0.2) is 5.17 Å². The number of amidine groups is 1. The summed E-state index contributed by atoms with van der Waals surface area (Å²) in [6.45, 7) is 7.50. The van der Waals surface area contributed by atoms with Crippen LogP contribution in [0.3, 0.4) is 0 Å². The van der Waals surface area contributed by atoms with E-state index in [0.717, 1.165) is 17.0 Å². The molecule has 0 aliphatic carbocycles. The Morgan fingerprint density at radius 1 is 1.26 bits per heavy atom. The molecular formula is C16H20N2O3S2. The van der Waals surface area contributed by atoms with Gasteiger partial charge >= 0.3 is 0 Å². The predicted molar refractivity (Wildman–Crippen MR) is 94.9 cm³/mol. The maximum absolute atomic E-state index is 11.6. The second-order valence-corrected chi connectivity index (χ2v) is 9.40. The van der Waals surface area contributed by atoms with Crippen LogP contribution in [-0.2, 0) is 10.0 Å². The number of hydrogen-bond acceptors (Lipinski definition) is 5. The molecule has 2 heterocycles. The number of ether oxygens (including phenoxy) is 1. The molecular weight excluding hydrogens is 332 g/mol. The highest BCUT2D eigenvalue weighted by molar-refractivity contribution is 8.17. The van der Waals surface area contributed by atoms with Gasteiger partial charge in [0.1, 0.15) is 5.75 Å². The Labute approximate surface area is 141 Å². The molecule has 0 radical (unpaired) electrons. The van der Waals surface area contributed by atoms with Crippen molar-refractivity contribution in [3.63, 3.8) is 0 Å². The molecule has 0 bridgehead atoms. The number of hydrogen-bond donors (Lipinski definition) is 0. The first-order chi connectivity index (χ1) is 10.7. The van der Waals surface area contributed by atoms with Crippen LogP contribution in [0.4, 0.5) is 0 Å². The van der Waals surface area contributed by atoms with Crippen molar-refractivity contribution in [2.24, 2.45) is 9.81 Å². The summed E-state index contributed by atoms with van der Waals surface area (Å²) in [7, 11) is -3.30. The SMILES string of the molecule is CC(C)(C)COc1ccc(C2=CSC3=NS(=O)(=O)CCN23)cc1. The molecule has 1 aromatic carbocycles. The van der Waals surface area contributed by atoms with E-state index in [1.54, 1.807) is 0 Å². The number of benzene rings is 1. The fourth-order valence-corrected chi connectivity index (χ4v) is 4.39. The van der Waals surface area contributed by atoms with Crippen LogP contribution < -0.4 is 4.74 Å². The molecule has 1 aromatic rings. The first kappa shape index (κ1) is 16.4. The van der Waals surface area contributed by atoms with Gasteiger partial charge in [-0.1, -0.05) is 32.5 Å². The quantitative estimate of drug-likeness (QED) is 0.836. The van der Waals surface area contributed by atoms with E-state index in [1.165, 1.54) is 11.8 Å².